The van der Waals surface area contributed by atoms with Crippen molar-refractivity contribution >= 4 is 23.1 Å². The molecular weight excluding hydrogens is 192 g/mol. The maximum Gasteiger partial charge on any atom is 2.00 e. The van der Waals surface area contributed by atoms with E-state index in [0.29, 0.717) is 0 Å². The first kappa shape index (κ1) is 16.2. The van der Waals surface area contributed by atoms with E-state index in [2.05, 4.69) is 6.07 Å². The van der Waals surface area contributed by atoms with Gasteiger partial charge in [0.05, 0.1) is 0 Å². The molecule has 0 heterocycles. The van der Waals surface area contributed by atoms with Crippen molar-refractivity contribution in [3.8, 4) is 0 Å². The summed E-state index contributed by atoms with van der Waals surface area (Å²) >= 11 is 0. The Morgan fingerprint density at radius 3 is 1.44 bits per heavy atom. The molecule has 0 amide bonds. The normalized spacial score (nSPS) is 5.33. The van der Waals surface area contributed by atoms with Crippen LogP contribution in [0.3, 0.4) is 0 Å². The molecule has 1 aromatic carbocycles. The minimum atomic E-state index is 0. The Kier molecular flexibility index (Phi) is 20.3. The summed E-state index contributed by atoms with van der Waals surface area (Å²) < 4.78 is 0. The topological polar surface area (TPSA) is 31.5 Å². The molecule has 0 bridgehead atoms. The molecule has 0 fully saturated rings. The molecule has 0 radical (unpaired) electrons. The van der Waals surface area contributed by atoms with Crippen molar-refractivity contribution in [1.29, 1.82) is 0 Å². The number of halogens is 1. The van der Waals surface area contributed by atoms with Crippen LogP contribution >= 0.6 is 0 Å². The van der Waals surface area contributed by atoms with Crippen molar-refractivity contribution in [2.75, 3.05) is 0 Å². The van der Waals surface area contributed by atoms with E-state index in [9.17, 15) is 0 Å². The van der Waals surface area contributed by atoms with E-state index in [4.69, 9.17) is 0 Å². The van der Waals surface area contributed by atoms with Gasteiger partial charge in [0.1, 0.15) is 0 Å². The second kappa shape index (κ2) is 11.3. The van der Waals surface area contributed by atoms with Gasteiger partial charge in [-0.15, -0.1) is 0 Å². The predicted molar refractivity (Wildman–Crippen MR) is 34.6 cm³/mol. The van der Waals surface area contributed by atoms with Gasteiger partial charge in [-0.05, 0) is 0 Å². The van der Waals surface area contributed by atoms with Crippen LogP contribution in [0.25, 0.3) is 0 Å². The van der Waals surface area contributed by atoms with Crippen molar-refractivity contribution in [3.05, 3.63) is 36.4 Å². The second-order valence-corrected chi connectivity index (χ2v) is 1.08. The van der Waals surface area contributed by atoms with Crippen LogP contribution in [0.4, 0.5) is 0 Å². The fraction of sp³-hybridized carbons (Fsp3) is 0. The third-order valence-electron chi connectivity index (χ3n) is 0.607. The van der Waals surface area contributed by atoms with E-state index in [0.717, 1.165) is 0 Å². The molecule has 0 aliphatic heterocycles. The summed E-state index contributed by atoms with van der Waals surface area (Å²) in [6.45, 7) is 0. The molecule has 46 valence electrons. The molecule has 3 heteroatoms. The molecule has 0 aliphatic carbocycles. The van der Waals surface area contributed by atoms with Crippen LogP contribution in [0, 0.1) is 6.07 Å². The average molecular weight is 199 g/mol. The van der Waals surface area contributed by atoms with Crippen LogP contribution in [0.5, 0.6) is 0 Å². The molecule has 0 unspecified atom stereocenters. The zero-order valence-corrected chi connectivity index (χ0v) is 7.97. The van der Waals surface area contributed by atoms with Crippen molar-refractivity contribution in [3.63, 3.8) is 0 Å². The van der Waals surface area contributed by atoms with Gasteiger partial charge in [0.25, 0.3) is 0 Å². The molecule has 9 heavy (non-hydrogen) atoms. The Labute approximate surface area is 81.7 Å². The van der Waals surface area contributed by atoms with Gasteiger partial charge in [-0.3, -0.25) is 0 Å². The molecule has 0 aliphatic rings. The third kappa shape index (κ3) is 8.43. The Bertz CT molecular complexity index is 85.0. The van der Waals surface area contributed by atoms with Crippen LogP contribution in [-0.2, 0) is 0 Å². The zero-order chi connectivity index (χ0) is 4.24. The monoisotopic (exact) mass is 198 g/mol. The molecule has 1 nitrogen and oxygen atoms in total. The predicted octanol–water partition coefficient (Wildman–Crippen LogP) is -2.71. The average Bonchev–Trinajstić information content (AvgIpc) is 1.72. The molecular formula is C6H7BrMgO. The van der Waals surface area contributed by atoms with E-state index in [1.54, 1.807) is 0 Å². The summed E-state index contributed by atoms with van der Waals surface area (Å²) in [6, 6.07) is 12.5. The van der Waals surface area contributed by atoms with Crippen molar-refractivity contribution in [2.45, 2.75) is 0 Å². The van der Waals surface area contributed by atoms with E-state index in [1.807, 2.05) is 30.3 Å². The molecule has 0 saturated heterocycles. The van der Waals surface area contributed by atoms with E-state index >= 15 is 0 Å². The van der Waals surface area contributed by atoms with Gasteiger partial charge in [-0.1, -0.05) is 0 Å². The Morgan fingerprint density at radius 1 is 0.889 bits per heavy atom. The summed E-state index contributed by atoms with van der Waals surface area (Å²) in [5, 5.41) is 0. The van der Waals surface area contributed by atoms with Crippen LogP contribution in [0.1, 0.15) is 0 Å². The van der Waals surface area contributed by atoms with Crippen LogP contribution < -0.4 is 17.0 Å². The number of hydrogen-bond donors (Lipinski definition) is 0. The molecule has 1 aromatic rings. The van der Waals surface area contributed by atoms with E-state index in [-0.39, 0.29) is 45.5 Å². The van der Waals surface area contributed by atoms with Gasteiger partial charge in [0.2, 0.25) is 0 Å². The molecule has 0 saturated carbocycles. The van der Waals surface area contributed by atoms with Crippen LogP contribution in [0.15, 0.2) is 30.3 Å². The smallest absolute Gasteiger partial charge is 1.00 e. The first-order valence-corrected chi connectivity index (χ1v) is 1.91. The minimum absolute atomic E-state index is 0. The molecule has 0 atom stereocenters. The summed E-state index contributed by atoms with van der Waals surface area (Å²) in [4.78, 5) is 0. The molecule has 1 rings (SSSR count). The molecule has 0 spiro atoms. The summed E-state index contributed by atoms with van der Waals surface area (Å²) in [7, 11) is 0. The van der Waals surface area contributed by atoms with E-state index < -0.39 is 0 Å². The molecule has 2 N–H and O–H groups in total. The Morgan fingerprint density at radius 2 is 1.33 bits per heavy atom. The fourth-order valence-electron chi connectivity index (χ4n) is 0.342. The van der Waals surface area contributed by atoms with Crippen molar-refractivity contribution in [1.82, 2.24) is 0 Å². The Hall–Kier alpha value is 0.426. The number of hydrogen-bond acceptors (Lipinski definition) is 0. The fourth-order valence-corrected chi connectivity index (χ4v) is 0.342. The summed E-state index contributed by atoms with van der Waals surface area (Å²) in [5.74, 6) is 0. The quantitative estimate of drug-likeness (QED) is 0.321. The summed E-state index contributed by atoms with van der Waals surface area (Å²) in [5.41, 5.74) is 0. The SMILES string of the molecule is O.[Br-].[Mg+2].[c-]1ccccc1. The number of benzene rings is 1. The van der Waals surface area contributed by atoms with Gasteiger partial charge in [-0.2, -0.15) is 36.4 Å². The summed E-state index contributed by atoms with van der Waals surface area (Å²) in [6.07, 6.45) is 0. The standard InChI is InChI=1S/C6H5.BrH.Mg.H2O/c1-2-4-6-5-3-1;;;/h1-5H;1H;;1H2/q-1;;+2;/p-1. The van der Waals surface area contributed by atoms with Crippen molar-refractivity contribution in [2.24, 2.45) is 0 Å². The largest absolute Gasteiger partial charge is 2.00 e. The van der Waals surface area contributed by atoms with Gasteiger partial charge < -0.3 is 22.5 Å². The minimum Gasteiger partial charge on any atom is -1.00 e. The van der Waals surface area contributed by atoms with Gasteiger partial charge in [-0.25, -0.2) is 0 Å². The second-order valence-electron chi connectivity index (χ2n) is 1.08. The first-order valence-electron chi connectivity index (χ1n) is 1.91. The molecule has 0 aromatic heterocycles. The van der Waals surface area contributed by atoms with Gasteiger partial charge in [0, 0.05) is 0 Å². The maximum absolute atomic E-state index is 2.89. The first-order chi connectivity index (χ1) is 3.00. The van der Waals surface area contributed by atoms with Crippen LogP contribution in [0.2, 0.25) is 0 Å². The third-order valence-corrected chi connectivity index (χ3v) is 0.607. The Balaban J connectivity index is -0.000000120. The number of rotatable bonds is 0. The van der Waals surface area contributed by atoms with Crippen molar-refractivity contribution < 1.29 is 22.5 Å². The van der Waals surface area contributed by atoms with Gasteiger partial charge >= 0.3 is 23.1 Å². The zero-order valence-electron chi connectivity index (χ0n) is 4.97. The van der Waals surface area contributed by atoms with Gasteiger partial charge in [0.15, 0.2) is 0 Å². The van der Waals surface area contributed by atoms with E-state index in [1.165, 1.54) is 0 Å². The van der Waals surface area contributed by atoms with Crippen LogP contribution in [-0.4, -0.2) is 28.5 Å². The maximum atomic E-state index is 2.89.